The Labute approximate surface area is 458 Å². The highest BCUT2D eigenvalue weighted by Gasteiger charge is 2.35. The number of nitrogens with zero attached hydrogens (tertiary/aromatic N) is 1. The molecular formula is C54H78N14O11. The van der Waals surface area contributed by atoms with Crippen LogP contribution in [0.25, 0.3) is 10.9 Å². The molecule has 9 atom stereocenters. The van der Waals surface area contributed by atoms with Gasteiger partial charge in [0.25, 0.3) is 5.91 Å². The van der Waals surface area contributed by atoms with E-state index < -0.39 is 126 Å². The number of hydrogen-bond acceptors (Lipinski definition) is 13. The number of aromatic nitrogens is 3. The van der Waals surface area contributed by atoms with Gasteiger partial charge in [0.1, 0.15) is 36.3 Å². The molecule has 25 nitrogen and oxygen atoms in total. The third-order valence-corrected chi connectivity index (χ3v) is 12.8. The Hall–Kier alpha value is -8.19. The number of benzene rings is 2. The van der Waals surface area contributed by atoms with E-state index in [2.05, 4.69) is 57.5 Å². The molecule has 2 heterocycles. The number of rotatable bonds is 32. The predicted molar refractivity (Wildman–Crippen MR) is 292 cm³/mol. The second-order valence-corrected chi connectivity index (χ2v) is 20.8. The van der Waals surface area contributed by atoms with Crippen LogP contribution in [-0.2, 0) is 67.2 Å². The van der Waals surface area contributed by atoms with Crippen LogP contribution in [0.5, 0.6) is 0 Å². The highest BCUT2D eigenvalue weighted by atomic mass is 16.3. The molecule has 17 N–H and O–H groups in total. The first-order chi connectivity index (χ1) is 37.3. The molecule has 10 amide bonds. The van der Waals surface area contributed by atoms with E-state index in [-0.39, 0.29) is 56.8 Å². The summed E-state index contributed by atoms with van der Waals surface area (Å²) >= 11 is 0. The van der Waals surface area contributed by atoms with Crippen molar-refractivity contribution >= 4 is 70.0 Å². The first-order valence-electron chi connectivity index (χ1n) is 26.3. The lowest BCUT2D eigenvalue weighted by molar-refractivity contribution is -0.136. The number of carbonyl (C=O) groups excluding carboxylic acids is 10. The summed E-state index contributed by atoms with van der Waals surface area (Å²) in [6, 6.07) is 6.26. The van der Waals surface area contributed by atoms with Crippen LogP contribution >= 0.6 is 0 Å². The Morgan fingerprint density at radius 3 is 1.84 bits per heavy atom. The maximum Gasteiger partial charge on any atom is 0.251 e. The van der Waals surface area contributed by atoms with Crippen LogP contribution in [0.3, 0.4) is 0 Å². The number of imidazole rings is 1. The molecule has 0 aliphatic rings. The molecule has 2 aromatic heterocycles. The smallest absolute Gasteiger partial charge is 0.251 e. The number of para-hydroxylation sites is 1. The summed E-state index contributed by atoms with van der Waals surface area (Å²) in [7, 11) is 0. The van der Waals surface area contributed by atoms with E-state index >= 15 is 0 Å². The monoisotopic (exact) mass is 1100 g/mol. The van der Waals surface area contributed by atoms with Gasteiger partial charge in [0, 0.05) is 48.3 Å². The molecule has 0 saturated carbocycles. The maximum absolute atomic E-state index is 14.2. The van der Waals surface area contributed by atoms with Gasteiger partial charge in [0.05, 0.1) is 25.0 Å². The van der Waals surface area contributed by atoms with Gasteiger partial charge in [-0.15, -0.1) is 0 Å². The van der Waals surface area contributed by atoms with E-state index in [0.717, 1.165) is 16.5 Å². The fourth-order valence-electron chi connectivity index (χ4n) is 8.55. The molecule has 0 saturated heterocycles. The zero-order chi connectivity index (χ0) is 58.5. The Morgan fingerprint density at radius 1 is 0.608 bits per heavy atom. The molecule has 0 radical (unpaired) electrons. The summed E-state index contributed by atoms with van der Waals surface area (Å²) < 4.78 is 0. The van der Waals surface area contributed by atoms with Crippen molar-refractivity contribution in [3.8, 4) is 0 Å². The standard InChI is InChI=1S/C54H78N14O11/c1-28(2)19-39(46(71)54(79)66-40(47(57)72)20-29(3)4)65-52(77)42(23-34-25-58-27-61-34)63-44(70)26-60-53(78)45(30(5)6)68-48(73)31(7)62-51(76)41(22-33-24-59-37-16-12-11-15-35(33)37)67-50(75)38(17-18-43(56)69)64-49(74)36(55)21-32-13-9-8-10-14-32/h8-16,24-25,27-31,36,38-42,45-46,59,71H,17-23,26,55H2,1-7H3,(H2,56,69)(H2,57,72)(H,58,61)(H,60,78)(H,62,76)(H,63,70)(H,64,74)(H,65,77)(H,66,79)(H,67,75)(H,68,73)/t31-,36+,38-,39-,40-,41-,42-,45-,46+/m0/s1. The number of H-pyrrole nitrogens is 2. The van der Waals surface area contributed by atoms with Crippen LogP contribution in [0.15, 0.2) is 73.3 Å². The zero-order valence-electron chi connectivity index (χ0n) is 45.7. The van der Waals surface area contributed by atoms with E-state index in [1.807, 2.05) is 38.1 Å². The maximum atomic E-state index is 14.2. The number of hydrogen-bond donors (Lipinski definition) is 14. The van der Waals surface area contributed by atoms with Crippen molar-refractivity contribution in [3.63, 3.8) is 0 Å². The van der Waals surface area contributed by atoms with Crippen molar-refractivity contribution in [1.29, 1.82) is 0 Å². The fourth-order valence-corrected chi connectivity index (χ4v) is 8.55. The van der Waals surface area contributed by atoms with Crippen LogP contribution in [0, 0.1) is 17.8 Å². The molecule has 430 valence electrons. The van der Waals surface area contributed by atoms with Gasteiger partial charge in [0.15, 0.2) is 6.10 Å². The highest BCUT2D eigenvalue weighted by molar-refractivity contribution is 5.98. The third kappa shape index (κ3) is 20.6. The molecule has 4 aromatic rings. The molecule has 0 bridgehead atoms. The van der Waals surface area contributed by atoms with Crippen molar-refractivity contribution in [2.45, 2.75) is 148 Å². The van der Waals surface area contributed by atoms with E-state index in [1.165, 1.54) is 19.4 Å². The molecule has 0 aliphatic heterocycles. The normalized spacial score (nSPS) is 14.8. The summed E-state index contributed by atoms with van der Waals surface area (Å²) in [5.41, 5.74) is 19.7. The lowest BCUT2D eigenvalue weighted by atomic mass is 9.97. The zero-order valence-corrected chi connectivity index (χ0v) is 45.7. The number of nitrogens with one attached hydrogen (secondary N) is 10. The molecule has 79 heavy (non-hydrogen) atoms. The molecule has 4 rings (SSSR count). The van der Waals surface area contributed by atoms with Crippen molar-refractivity contribution < 1.29 is 53.1 Å². The van der Waals surface area contributed by atoms with E-state index in [0.29, 0.717) is 11.3 Å². The van der Waals surface area contributed by atoms with Crippen LogP contribution in [-0.4, -0.2) is 140 Å². The van der Waals surface area contributed by atoms with Gasteiger partial charge in [-0.2, -0.15) is 0 Å². The van der Waals surface area contributed by atoms with Crippen molar-refractivity contribution in [1.82, 2.24) is 57.5 Å². The quantitative estimate of drug-likeness (QED) is 0.0269. The number of carbonyl (C=O) groups is 10. The van der Waals surface area contributed by atoms with Crippen LogP contribution in [0.4, 0.5) is 0 Å². The van der Waals surface area contributed by atoms with Crippen molar-refractivity contribution in [3.05, 3.63) is 90.1 Å². The van der Waals surface area contributed by atoms with Gasteiger partial charge in [-0.1, -0.05) is 90.1 Å². The van der Waals surface area contributed by atoms with Gasteiger partial charge in [0.2, 0.25) is 53.2 Å². The first-order valence-corrected chi connectivity index (χ1v) is 26.3. The fraction of sp³-hybridized carbons (Fsp3) is 0.500. The number of primary amides is 2. The number of amides is 10. The lowest BCUT2D eigenvalue weighted by Gasteiger charge is -2.29. The van der Waals surface area contributed by atoms with Gasteiger partial charge in [-0.25, -0.2) is 4.98 Å². The summed E-state index contributed by atoms with van der Waals surface area (Å²) in [5, 5.41) is 32.6. The van der Waals surface area contributed by atoms with E-state index in [9.17, 15) is 53.1 Å². The number of aliphatic hydroxyl groups excluding tert-OH is 1. The number of aromatic amines is 2. The first kappa shape index (κ1) is 63.3. The predicted octanol–water partition coefficient (Wildman–Crippen LogP) is -1.36. The lowest BCUT2D eigenvalue weighted by Crippen LogP contribution is -2.60. The Bertz CT molecular complexity index is 2710. The second kappa shape index (κ2) is 30.7. The van der Waals surface area contributed by atoms with Gasteiger partial charge < -0.3 is 74.8 Å². The third-order valence-electron chi connectivity index (χ3n) is 12.8. The summed E-state index contributed by atoms with van der Waals surface area (Å²) in [6.45, 7) is 11.2. The minimum Gasteiger partial charge on any atom is -0.381 e. The SMILES string of the molecule is CC(C)C[C@H](NC(=O)[C@H](O)[C@H](CC(C)C)NC(=O)[C@H](Cc1cnc[nH]1)NC(=O)CNC(=O)[C@@H](NC(=O)[C@H](C)NC(=O)[C@H](Cc1c[nH]c2ccccc12)NC(=O)[C@H](CCC(N)=O)NC(=O)[C@H](N)Cc1ccccc1)C(C)C)C(N)=O. The molecule has 0 spiro atoms. The topological polar surface area (TPSA) is 410 Å². The number of nitrogens with two attached hydrogens (primary N) is 3. The molecular weight excluding hydrogens is 1020 g/mol. The Kier molecular flexibility index (Phi) is 24.6. The minimum absolute atomic E-state index is 0.0216. The van der Waals surface area contributed by atoms with Gasteiger partial charge in [-0.3, -0.25) is 47.9 Å². The average molecular weight is 1100 g/mol. The summed E-state index contributed by atoms with van der Waals surface area (Å²) in [4.78, 5) is 144. The summed E-state index contributed by atoms with van der Waals surface area (Å²) in [5.74, 6) is -8.75. The summed E-state index contributed by atoms with van der Waals surface area (Å²) in [6.07, 6.45) is 2.37. The van der Waals surface area contributed by atoms with Crippen molar-refractivity contribution in [2.75, 3.05) is 6.54 Å². The van der Waals surface area contributed by atoms with Crippen LogP contribution in [0.2, 0.25) is 0 Å². The minimum atomic E-state index is -1.81. The van der Waals surface area contributed by atoms with Crippen LogP contribution in [0.1, 0.15) is 91.0 Å². The molecule has 0 unspecified atom stereocenters. The molecule has 2 aromatic carbocycles. The Balaban J connectivity index is 1.45. The number of fused-ring (bicyclic) bond motifs is 1. The molecule has 0 fully saturated rings. The van der Waals surface area contributed by atoms with Crippen molar-refractivity contribution in [2.24, 2.45) is 35.0 Å². The molecule has 25 heteroatoms. The van der Waals surface area contributed by atoms with E-state index in [1.54, 1.807) is 64.2 Å². The number of aliphatic hydroxyl groups is 1. The average Bonchev–Trinajstić information content (AvgIpc) is 4.09. The molecule has 0 aliphatic carbocycles. The van der Waals surface area contributed by atoms with E-state index in [4.69, 9.17) is 17.2 Å². The largest absolute Gasteiger partial charge is 0.381 e. The Morgan fingerprint density at radius 2 is 1.22 bits per heavy atom. The van der Waals surface area contributed by atoms with Crippen LogP contribution < -0.4 is 59.7 Å². The second-order valence-electron chi connectivity index (χ2n) is 20.8. The van der Waals surface area contributed by atoms with Gasteiger partial charge >= 0.3 is 0 Å². The highest BCUT2D eigenvalue weighted by Crippen LogP contribution is 2.20. The van der Waals surface area contributed by atoms with Gasteiger partial charge in [-0.05, 0) is 67.6 Å².